The molecule has 0 aliphatic rings. The van der Waals surface area contributed by atoms with Crippen molar-refractivity contribution < 1.29 is 12.6 Å². The van der Waals surface area contributed by atoms with E-state index in [0.717, 1.165) is 6.26 Å². The summed E-state index contributed by atoms with van der Waals surface area (Å²) in [4.78, 5) is 0. The van der Waals surface area contributed by atoms with E-state index in [-0.39, 0.29) is 17.9 Å². The van der Waals surface area contributed by atoms with E-state index in [0.29, 0.717) is 0 Å². The van der Waals surface area contributed by atoms with Gasteiger partial charge in [-0.05, 0) is 11.3 Å². The Bertz CT molecular complexity index is 223. The minimum absolute atomic E-state index is 0.0880. The van der Waals surface area contributed by atoms with Crippen molar-refractivity contribution >= 4 is 10.1 Å². The molecule has 0 aromatic heterocycles. The molecule has 0 N–H and O–H groups in total. The molecule has 0 aliphatic heterocycles. The van der Waals surface area contributed by atoms with Gasteiger partial charge in [-0.1, -0.05) is 27.7 Å². The van der Waals surface area contributed by atoms with Crippen LogP contribution in [-0.2, 0) is 14.3 Å². The van der Waals surface area contributed by atoms with Crippen LogP contribution in [-0.4, -0.2) is 21.3 Å². The van der Waals surface area contributed by atoms with E-state index in [1.54, 1.807) is 0 Å². The topological polar surface area (TPSA) is 43.4 Å². The van der Waals surface area contributed by atoms with Crippen LogP contribution in [0.2, 0.25) is 0 Å². The van der Waals surface area contributed by atoms with Crippen molar-refractivity contribution in [2.45, 2.75) is 27.7 Å². The van der Waals surface area contributed by atoms with Crippen LogP contribution in [0.25, 0.3) is 0 Å². The highest BCUT2D eigenvalue weighted by atomic mass is 32.2. The molecule has 0 bridgehead atoms. The van der Waals surface area contributed by atoms with Gasteiger partial charge >= 0.3 is 0 Å². The summed E-state index contributed by atoms with van der Waals surface area (Å²) in [5.74, 6) is 0.229. The fourth-order valence-electron chi connectivity index (χ4n) is 0.476. The summed E-state index contributed by atoms with van der Waals surface area (Å²) in [7, 11) is -3.28. The maximum Gasteiger partial charge on any atom is 0.264 e. The minimum atomic E-state index is -3.28. The fourth-order valence-corrected chi connectivity index (χ4v) is 0.927. The van der Waals surface area contributed by atoms with Gasteiger partial charge in [-0.15, -0.1) is 0 Å². The Labute approximate surface area is 75.2 Å². The Balaban J connectivity index is 3.97. The monoisotopic (exact) mass is 194 g/mol. The van der Waals surface area contributed by atoms with Crippen LogP contribution in [0.15, 0.2) is 0 Å². The highest BCUT2D eigenvalue weighted by Gasteiger charge is 2.21. The summed E-state index contributed by atoms with van der Waals surface area (Å²) < 4.78 is 26.0. The third-order valence-corrected chi connectivity index (χ3v) is 2.57. The third-order valence-electron chi connectivity index (χ3n) is 2.01. The molecule has 1 atom stereocenters. The molecule has 0 saturated heterocycles. The third kappa shape index (κ3) is 5.55. The quantitative estimate of drug-likeness (QED) is 0.641. The molecular weight excluding hydrogens is 176 g/mol. The fraction of sp³-hybridized carbons (Fsp3) is 1.00. The number of rotatable bonds is 3. The van der Waals surface area contributed by atoms with Gasteiger partial charge in [0.15, 0.2) is 0 Å². The first-order valence-corrected chi connectivity index (χ1v) is 5.79. The van der Waals surface area contributed by atoms with Crippen molar-refractivity contribution in [1.29, 1.82) is 0 Å². The van der Waals surface area contributed by atoms with Gasteiger partial charge in [0.2, 0.25) is 0 Å². The molecule has 0 spiro atoms. The Morgan fingerprint density at radius 3 is 2.00 bits per heavy atom. The van der Waals surface area contributed by atoms with E-state index in [2.05, 4.69) is 25.0 Å². The first-order chi connectivity index (χ1) is 5.13. The Kier molecular flexibility index (Phi) is 3.72. The summed E-state index contributed by atoms with van der Waals surface area (Å²) in [5.41, 5.74) is 0.0880. The van der Waals surface area contributed by atoms with Crippen molar-refractivity contribution in [3.8, 4) is 0 Å². The molecule has 0 aromatic carbocycles. The second-order valence-electron chi connectivity index (χ2n) is 4.26. The van der Waals surface area contributed by atoms with Crippen LogP contribution in [0, 0.1) is 11.3 Å². The van der Waals surface area contributed by atoms with E-state index < -0.39 is 10.1 Å². The molecule has 0 aliphatic carbocycles. The summed E-state index contributed by atoms with van der Waals surface area (Å²) >= 11 is 0. The minimum Gasteiger partial charge on any atom is -0.270 e. The standard InChI is InChI=1S/C8H18O3S/c1-7(8(2,3)4)6-11-12(5,9)10/h7H,6H2,1-5H3/t7-/m0/s1. The summed E-state index contributed by atoms with van der Waals surface area (Å²) in [6.45, 7) is 8.42. The average molecular weight is 194 g/mol. The highest BCUT2D eigenvalue weighted by molar-refractivity contribution is 7.85. The molecule has 74 valence electrons. The zero-order valence-corrected chi connectivity index (χ0v) is 9.23. The maximum absolute atomic E-state index is 10.6. The predicted molar refractivity (Wildman–Crippen MR) is 49.4 cm³/mol. The molecule has 0 rings (SSSR count). The van der Waals surface area contributed by atoms with Crippen molar-refractivity contribution in [2.75, 3.05) is 12.9 Å². The van der Waals surface area contributed by atoms with Gasteiger partial charge < -0.3 is 0 Å². The largest absolute Gasteiger partial charge is 0.270 e. The highest BCUT2D eigenvalue weighted by Crippen LogP contribution is 2.25. The normalized spacial score (nSPS) is 16.1. The maximum atomic E-state index is 10.6. The van der Waals surface area contributed by atoms with E-state index in [1.807, 2.05) is 6.92 Å². The van der Waals surface area contributed by atoms with Gasteiger partial charge in [0.1, 0.15) is 0 Å². The van der Waals surface area contributed by atoms with Gasteiger partial charge in [0.05, 0.1) is 12.9 Å². The average Bonchev–Trinajstić information content (AvgIpc) is 1.78. The smallest absolute Gasteiger partial charge is 0.264 e. The second-order valence-corrected chi connectivity index (χ2v) is 5.90. The first kappa shape index (κ1) is 11.9. The van der Waals surface area contributed by atoms with Gasteiger partial charge in [0, 0.05) is 0 Å². The lowest BCUT2D eigenvalue weighted by Crippen LogP contribution is -2.23. The van der Waals surface area contributed by atoms with Crippen LogP contribution < -0.4 is 0 Å². The molecular formula is C8H18O3S. The lowest BCUT2D eigenvalue weighted by Gasteiger charge is -2.26. The van der Waals surface area contributed by atoms with Gasteiger partial charge in [-0.2, -0.15) is 8.42 Å². The van der Waals surface area contributed by atoms with Crippen molar-refractivity contribution in [2.24, 2.45) is 11.3 Å². The lowest BCUT2D eigenvalue weighted by molar-refractivity contribution is 0.166. The molecule has 4 heteroatoms. The molecule has 0 saturated carbocycles. The van der Waals surface area contributed by atoms with Gasteiger partial charge in [-0.3, -0.25) is 4.18 Å². The van der Waals surface area contributed by atoms with Crippen LogP contribution >= 0.6 is 0 Å². The van der Waals surface area contributed by atoms with Crippen molar-refractivity contribution in [1.82, 2.24) is 0 Å². The zero-order valence-electron chi connectivity index (χ0n) is 8.42. The van der Waals surface area contributed by atoms with Gasteiger partial charge in [0.25, 0.3) is 10.1 Å². The zero-order chi connectivity index (χ0) is 9.99. The molecule has 0 aromatic rings. The van der Waals surface area contributed by atoms with Crippen LogP contribution in [0.4, 0.5) is 0 Å². The molecule has 0 fully saturated rings. The van der Waals surface area contributed by atoms with Crippen LogP contribution in [0.5, 0.6) is 0 Å². The summed E-state index contributed by atoms with van der Waals surface area (Å²) in [6, 6.07) is 0. The molecule has 3 nitrogen and oxygen atoms in total. The Morgan fingerprint density at radius 2 is 1.75 bits per heavy atom. The van der Waals surface area contributed by atoms with E-state index in [4.69, 9.17) is 0 Å². The van der Waals surface area contributed by atoms with E-state index in [9.17, 15) is 8.42 Å². The number of hydrogen-bond donors (Lipinski definition) is 0. The first-order valence-electron chi connectivity index (χ1n) is 3.97. The Hall–Kier alpha value is -0.0900. The van der Waals surface area contributed by atoms with Crippen LogP contribution in [0.3, 0.4) is 0 Å². The van der Waals surface area contributed by atoms with E-state index >= 15 is 0 Å². The van der Waals surface area contributed by atoms with Crippen LogP contribution in [0.1, 0.15) is 27.7 Å². The molecule has 12 heavy (non-hydrogen) atoms. The van der Waals surface area contributed by atoms with Gasteiger partial charge in [-0.25, -0.2) is 0 Å². The SMILES string of the molecule is C[C@@H](COS(C)(=O)=O)C(C)(C)C. The second kappa shape index (κ2) is 3.75. The number of hydrogen-bond acceptors (Lipinski definition) is 3. The molecule has 0 heterocycles. The molecule has 0 amide bonds. The Morgan fingerprint density at radius 1 is 1.33 bits per heavy atom. The van der Waals surface area contributed by atoms with Crippen molar-refractivity contribution in [3.05, 3.63) is 0 Å². The van der Waals surface area contributed by atoms with E-state index in [1.165, 1.54) is 0 Å². The van der Waals surface area contributed by atoms with Crippen molar-refractivity contribution in [3.63, 3.8) is 0 Å². The summed E-state index contributed by atoms with van der Waals surface area (Å²) in [6.07, 6.45) is 1.07. The summed E-state index contributed by atoms with van der Waals surface area (Å²) in [5, 5.41) is 0. The lowest BCUT2D eigenvalue weighted by atomic mass is 9.83. The predicted octanol–water partition coefficient (Wildman–Crippen LogP) is 1.64. The molecule has 0 unspecified atom stereocenters. The molecule has 0 radical (unpaired) electrons.